The highest BCUT2D eigenvalue weighted by Gasteiger charge is 2.19. The Kier molecular flexibility index (Phi) is 6.43. The van der Waals surface area contributed by atoms with E-state index in [4.69, 9.17) is 37.2 Å². The molecule has 1 unspecified atom stereocenters. The molecule has 5 nitrogen and oxygen atoms in total. The van der Waals surface area contributed by atoms with Crippen LogP contribution in [0.5, 0.6) is 5.75 Å². The van der Waals surface area contributed by atoms with Crippen molar-refractivity contribution in [2.75, 3.05) is 13.2 Å². The number of rotatable bonds is 8. The van der Waals surface area contributed by atoms with E-state index in [-0.39, 0.29) is 6.04 Å². The van der Waals surface area contributed by atoms with Gasteiger partial charge in [0.1, 0.15) is 12.4 Å². The van der Waals surface area contributed by atoms with Gasteiger partial charge in [-0.25, -0.2) is 4.99 Å². The Morgan fingerprint density at radius 2 is 1.92 bits per heavy atom. The van der Waals surface area contributed by atoms with Gasteiger partial charge in [0.25, 0.3) is 0 Å². The second-order valence-corrected chi connectivity index (χ2v) is 7.27. The fraction of sp³-hybridized carbons (Fsp3) is 0.474. The van der Waals surface area contributed by atoms with Crippen molar-refractivity contribution < 1.29 is 14.0 Å². The van der Waals surface area contributed by atoms with E-state index >= 15 is 0 Å². The van der Waals surface area contributed by atoms with Crippen LogP contribution >= 0.6 is 23.2 Å². The lowest BCUT2D eigenvalue weighted by molar-refractivity contribution is 0.303. The van der Waals surface area contributed by atoms with Gasteiger partial charge in [-0.1, -0.05) is 28.4 Å². The minimum absolute atomic E-state index is 0.152. The summed E-state index contributed by atoms with van der Waals surface area (Å²) in [5, 5.41) is 4.82. The van der Waals surface area contributed by atoms with Crippen LogP contribution in [0.25, 0.3) is 0 Å². The minimum Gasteiger partial charge on any atom is -0.490 e. The summed E-state index contributed by atoms with van der Waals surface area (Å²) in [7, 11) is 0. The van der Waals surface area contributed by atoms with Crippen LogP contribution < -0.4 is 4.74 Å². The third-order valence-electron chi connectivity index (χ3n) is 4.03. The van der Waals surface area contributed by atoms with Crippen molar-refractivity contribution in [1.29, 1.82) is 0 Å². The molecule has 140 valence electrons. The number of aliphatic imine (C=N–C) groups is 1. The molecule has 3 rings (SSSR count). The first-order valence-electron chi connectivity index (χ1n) is 8.78. The van der Waals surface area contributed by atoms with Crippen LogP contribution in [-0.2, 0) is 11.2 Å². The largest absolute Gasteiger partial charge is 0.490 e. The van der Waals surface area contributed by atoms with Crippen LogP contribution in [0.4, 0.5) is 0 Å². The molecule has 1 aromatic heterocycles. The molecule has 0 spiro atoms. The molecule has 26 heavy (non-hydrogen) atoms. The highest BCUT2D eigenvalue weighted by Crippen LogP contribution is 2.35. The molecule has 1 aliphatic heterocycles. The number of ether oxygens (including phenoxy) is 2. The Morgan fingerprint density at radius 3 is 2.54 bits per heavy atom. The molecule has 0 saturated carbocycles. The Labute approximate surface area is 163 Å². The van der Waals surface area contributed by atoms with Gasteiger partial charge in [-0.05, 0) is 45.2 Å². The Balaban J connectivity index is 1.46. The molecular weight excluding hydrogens is 375 g/mol. The maximum Gasteiger partial charge on any atom is 0.216 e. The average Bonchev–Trinajstić information content (AvgIpc) is 3.21. The van der Waals surface area contributed by atoms with Crippen LogP contribution in [0, 0.1) is 6.92 Å². The first-order valence-corrected chi connectivity index (χ1v) is 9.53. The highest BCUT2D eigenvalue weighted by atomic mass is 35.5. The highest BCUT2D eigenvalue weighted by molar-refractivity contribution is 6.37. The summed E-state index contributed by atoms with van der Waals surface area (Å²) >= 11 is 12.7. The van der Waals surface area contributed by atoms with Crippen molar-refractivity contribution in [2.45, 2.75) is 45.6 Å². The van der Waals surface area contributed by atoms with Gasteiger partial charge in [0.15, 0.2) is 5.75 Å². The van der Waals surface area contributed by atoms with Gasteiger partial charge < -0.3 is 14.0 Å². The van der Waals surface area contributed by atoms with Crippen LogP contribution in [0.2, 0.25) is 10.0 Å². The number of nitrogens with zero attached hydrogens (tertiary/aromatic N) is 2. The molecule has 0 saturated heterocycles. The number of halogens is 2. The summed E-state index contributed by atoms with van der Waals surface area (Å²) in [6.07, 6.45) is 3.84. The Bertz CT molecular complexity index is 766. The number of aromatic nitrogens is 1. The molecule has 0 fully saturated rings. The van der Waals surface area contributed by atoms with Gasteiger partial charge in [0.2, 0.25) is 5.90 Å². The second-order valence-electron chi connectivity index (χ2n) is 6.46. The van der Waals surface area contributed by atoms with Crippen molar-refractivity contribution in [3.8, 4) is 5.75 Å². The van der Waals surface area contributed by atoms with E-state index in [0.29, 0.717) is 34.9 Å². The van der Waals surface area contributed by atoms with Crippen molar-refractivity contribution in [1.82, 2.24) is 5.16 Å². The number of hydrogen-bond donors (Lipinski definition) is 0. The SMILES string of the molecule is Cc1cc(CCCCCOc2c(Cl)cc(C3=NC(C)CO3)cc2Cl)on1. The zero-order chi connectivity index (χ0) is 18.5. The summed E-state index contributed by atoms with van der Waals surface area (Å²) in [6.45, 7) is 5.06. The number of benzene rings is 1. The predicted molar refractivity (Wildman–Crippen MR) is 103 cm³/mol. The van der Waals surface area contributed by atoms with E-state index in [9.17, 15) is 0 Å². The number of aryl methyl sites for hydroxylation is 2. The summed E-state index contributed by atoms with van der Waals surface area (Å²) in [5.41, 5.74) is 1.69. The average molecular weight is 397 g/mol. The van der Waals surface area contributed by atoms with E-state index in [1.54, 1.807) is 12.1 Å². The molecule has 2 heterocycles. The molecule has 0 radical (unpaired) electrons. The fourth-order valence-corrected chi connectivity index (χ4v) is 3.34. The molecule has 7 heteroatoms. The monoisotopic (exact) mass is 396 g/mol. The molecule has 1 aliphatic rings. The van der Waals surface area contributed by atoms with Gasteiger partial charge in [-0.3, -0.25) is 0 Å². The van der Waals surface area contributed by atoms with Gasteiger partial charge in [0, 0.05) is 18.1 Å². The standard InChI is InChI=1S/C19H22Cl2N2O3/c1-12-8-15(26-23-12)6-4-3-5-7-24-18-16(20)9-14(10-17(18)21)19-22-13(2)11-25-19/h8-10,13H,3-7,11H2,1-2H3. The van der Waals surface area contributed by atoms with E-state index in [1.807, 2.05) is 19.9 Å². The van der Waals surface area contributed by atoms with Gasteiger partial charge in [0.05, 0.1) is 28.4 Å². The lowest BCUT2D eigenvalue weighted by Gasteiger charge is -2.11. The molecule has 1 atom stereocenters. The summed E-state index contributed by atoms with van der Waals surface area (Å²) in [5.74, 6) is 2.02. The molecule has 2 aromatic rings. The lowest BCUT2D eigenvalue weighted by Crippen LogP contribution is -2.04. The van der Waals surface area contributed by atoms with Gasteiger partial charge >= 0.3 is 0 Å². The predicted octanol–water partition coefficient (Wildman–Crippen LogP) is 5.25. The van der Waals surface area contributed by atoms with E-state index < -0.39 is 0 Å². The smallest absolute Gasteiger partial charge is 0.216 e. The number of unbranched alkanes of at least 4 members (excludes halogenated alkanes) is 2. The maximum atomic E-state index is 6.33. The van der Waals surface area contributed by atoms with Crippen LogP contribution in [-0.4, -0.2) is 30.3 Å². The van der Waals surface area contributed by atoms with E-state index in [2.05, 4.69) is 10.1 Å². The van der Waals surface area contributed by atoms with Gasteiger partial charge in [-0.2, -0.15) is 0 Å². The van der Waals surface area contributed by atoms with E-state index in [1.165, 1.54) is 0 Å². The molecule has 1 aromatic carbocycles. The molecule has 0 amide bonds. The quantitative estimate of drug-likeness (QED) is 0.571. The first-order chi connectivity index (χ1) is 12.5. The molecular formula is C19H22Cl2N2O3. The zero-order valence-electron chi connectivity index (χ0n) is 14.9. The minimum atomic E-state index is 0.152. The van der Waals surface area contributed by atoms with E-state index in [0.717, 1.165) is 42.7 Å². The second kappa shape index (κ2) is 8.78. The molecule has 0 N–H and O–H groups in total. The topological polar surface area (TPSA) is 56.9 Å². The van der Waals surface area contributed by atoms with Crippen molar-refractivity contribution in [3.63, 3.8) is 0 Å². The normalized spacial score (nSPS) is 16.5. The Morgan fingerprint density at radius 1 is 1.15 bits per heavy atom. The van der Waals surface area contributed by atoms with Gasteiger partial charge in [-0.15, -0.1) is 0 Å². The number of hydrogen-bond acceptors (Lipinski definition) is 5. The summed E-state index contributed by atoms with van der Waals surface area (Å²) in [4.78, 5) is 4.42. The summed E-state index contributed by atoms with van der Waals surface area (Å²) in [6, 6.07) is 5.69. The third-order valence-corrected chi connectivity index (χ3v) is 4.60. The third kappa shape index (κ3) is 4.92. The molecule has 0 aliphatic carbocycles. The Hall–Kier alpha value is -1.72. The molecule has 0 bridgehead atoms. The fourth-order valence-electron chi connectivity index (χ4n) is 2.74. The van der Waals surface area contributed by atoms with Crippen molar-refractivity contribution >= 4 is 29.1 Å². The van der Waals surface area contributed by atoms with Crippen molar-refractivity contribution in [2.24, 2.45) is 4.99 Å². The van der Waals surface area contributed by atoms with Crippen LogP contribution in [0.15, 0.2) is 27.7 Å². The first kappa shape index (κ1) is 19.1. The van der Waals surface area contributed by atoms with Crippen LogP contribution in [0.3, 0.4) is 0 Å². The lowest BCUT2D eigenvalue weighted by atomic mass is 10.1. The maximum absolute atomic E-state index is 6.33. The van der Waals surface area contributed by atoms with Crippen molar-refractivity contribution in [3.05, 3.63) is 45.3 Å². The summed E-state index contributed by atoms with van der Waals surface area (Å²) < 4.78 is 16.5. The van der Waals surface area contributed by atoms with Crippen LogP contribution in [0.1, 0.15) is 43.2 Å². The zero-order valence-corrected chi connectivity index (χ0v) is 16.4.